The number of rotatable bonds is 2. The first-order chi connectivity index (χ1) is 8.49. The van der Waals surface area contributed by atoms with Gasteiger partial charge in [0, 0.05) is 10.0 Å². The van der Waals surface area contributed by atoms with E-state index >= 15 is 0 Å². The molecule has 0 aliphatic carbocycles. The van der Waals surface area contributed by atoms with Crippen molar-refractivity contribution in [2.45, 2.75) is 0 Å². The molecule has 0 saturated heterocycles. The predicted octanol–water partition coefficient (Wildman–Crippen LogP) is 3.64. The standard InChI is InChI=1S/C13H8Cl2O3/c14-7-1-3-9(11(16)5-7)13(18)10-4-2-8(15)6-12(10)17/h1-6,16-17H. The molecule has 2 aromatic carbocycles. The van der Waals surface area contributed by atoms with Crippen LogP contribution in [0.15, 0.2) is 36.4 Å². The monoisotopic (exact) mass is 282 g/mol. The molecule has 0 fully saturated rings. The fourth-order valence-electron chi connectivity index (χ4n) is 1.54. The average Bonchev–Trinajstić information content (AvgIpc) is 2.28. The van der Waals surface area contributed by atoms with E-state index in [4.69, 9.17) is 23.2 Å². The summed E-state index contributed by atoms with van der Waals surface area (Å²) in [6.45, 7) is 0. The van der Waals surface area contributed by atoms with E-state index in [9.17, 15) is 15.0 Å². The van der Waals surface area contributed by atoms with Crippen LogP contribution in [0.2, 0.25) is 10.0 Å². The molecule has 0 unspecified atom stereocenters. The Hall–Kier alpha value is -1.71. The number of carbonyl (C=O) groups is 1. The van der Waals surface area contributed by atoms with Gasteiger partial charge in [0.1, 0.15) is 11.5 Å². The number of hydrogen-bond acceptors (Lipinski definition) is 3. The van der Waals surface area contributed by atoms with Crippen LogP contribution in [0.25, 0.3) is 0 Å². The number of phenolic OH excluding ortho intramolecular Hbond substituents is 2. The maximum atomic E-state index is 12.1. The van der Waals surface area contributed by atoms with Crippen molar-refractivity contribution >= 4 is 29.0 Å². The van der Waals surface area contributed by atoms with E-state index in [2.05, 4.69) is 0 Å². The Balaban J connectivity index is 2.48. The van der Waals surface area contributed by atoms with Gasteiger partial charge >= 0.3 is 0 Å². The topological polar surface area (TPSA) is 57.5 Å². The Kier molecular flexibility index (Phi) is 3.45. The van der Waals surface area contributed by atoms with E-state index in [1.54, 1.807) is 0 Å². The van der Waals surface area contributed by atoms with Crippen LogP contribution >= 0.6 is 23.2 Å². The molecule has 5 heteroatoms. The van der Waals surface area contributed by atoms with Gasteiger partial charge in [0.15, 0.2) is 5.78 Å². The van der Waals surface area contributed by atoms with Crippen LogP contribution in [0.3, 0.4) is 0 Å². The molecule has 0 radical (unpaired) electrons. The van der Waals surface area contributed by atoms with Crippen LogP contribution in [-0.2, 0) is 0 Å². The minimum absolute atomic E-state index is 0.0667. The quantitative estimate of drug-likeness (QED) is 0.827. The number of ketones is 1. The van der Waals surface area contributed by atoms with Crippen molar-refractivity contribution < 1.29 is 15.0 Å². The van der Waals surface area contributed by atoms with Gasteiger partial charge in [-0.05, 0) is 36.4 Å². The molecule has 0 atom stereocenters. The molecule has 0 aliphatic heterocycles. The van der Waals surface area contributed by atoms with Crippen LogP contribution in [0, 0.1) is 0 Å². The lowest BCUT2D eigenvalue weighted by Gasteiger charge is -2.06. The van der Waals surface area contributed by atoms with E-state index in [0.29, 0.717) is 10.0 Å². The van der Waals surface area contributed by atoms with E-state index in [-0.39, 0.29) is 22.6 Å². The summed E-state index contributed by atoms with van der Waals surface area (Å²) in [6.07, 6.45) is 0. The van der Waals surface area contributed by atoms with Gasteiger partial charge in [0.25, 0.3) is 0 Å². The predicted molar refractivity (Wildman–Crippen MR) is 69.7 cm³/mol. The molecule has 2 rings (SSSR count). The van der Waals surface area contributed by atoms with Crippen molar-refractivity contribution in [3.05, 3.63) is 57.6 Å². The van der Waals surface area contributed by atoms with Crippen molar-refractivity contribution in [2.24, 2.45) is 0 Å². The van der Waals surface area contributed by atoms with Gasteiger partial charge in [0.05, 0.1) is 11.1 Å². The van der Waals surface area contributed by atoms with Crippen LogP contribution < -0.4 is 0 Å². The third kappa shape index (κ3) is 2.42. The fourth-order valence-corrected chi connectivity index (χ4v) is 1.87. The number of aromatic hydroxyl groups is 2. The Labute approximate surface area is 113 Å². The molecule has 0 heterocycles. The molecule has 0 amide bonds. The van der Waals surface area contributed by atoms with Gasteiger partial charge in [0.2, 0.25) is 0 Å². The highest BCUT2D eigenvalue weighted by Gasteiger charge is 2.17. The van der Waals surface area contributed by atoms with E-state index in [0.717, 1.165) is 0 Å². The summed E-state index contributed by atoms with van der Waals surface area (Å²) in [5.41, 5.74) is 0.133. The zero-order valence-electron chi connectivity index (χ0n) is 9.02. The van der Waals surface area contributed by atoms with Crippen LogP contribution in [0.4, 0.5) is 0 Å². The van der Waals surface area contributed by atoms with E-state index in [1.807, 2.05) is 0 Å². The molecular formula is C13H8Cl2O3. The first kappa shape index (κ1) is 12.7. The lowest BCUT2D eigenvalue weighted by Crippen LogP contribution is -2.02. The Morgan fingerprint density at radius 3 is 1.56 bits per heavy atom. The van der Waals surface area contributed by atoms with Crippen molar-refractivity contribution in [1.29, 1.82) is 0 Å². The van der Waals surface area contributed by atoms with Crippen LogP contribution in [-0.4, -0.2) is 16.0 Å². The van der Waals surface area contributed by atoms with E-state index < -0.39 is 5.78 Å². The second kappa shape index (κ2) is 4.88. The summed E-state index contributed by atoms with van der Waals surface area (Å²) in [7, 11) is 0. The summed E-state index contributed by atoms with van der Waals surface area (Å²) < 4.78 is 0. The highest BCUT2D eigenvalue weighted by molar-refractivity contribution is 6.31. The van der Waals surface area contributed by atoms with Gasteiger partial charge < -0.3 is 10.2 Å². The van der Waals surface area contributed by atoms with Crippen LogP contribution in [0.5, 0.6) is 11.5 Å². The molecule has 18 heavy (non-hydrogen) atoms. The number of benzene rings is 2. The van der Waals surface area contributed by atoms with Crippen molar-refractivity contribution in [2.75, 3.05) is 0 Å². The number of phenols is 2. The van der Waals surface area contributed by atoms with Crippen molar-refractivity contribution in [3.63, 3.8) is 0 Å². The lowest BCUT2D eigenvalue weighted by molar-refractivity contribution is 0.103. The maximum absolute atomic E-state index is 12.1. The molecular weight excluding hydrogens is 275 g/mol. The average molecular weight is 283 g/mol. The molecule has 2 N–H and O–H groups in total. The summed E-state index contributed by atoms with van der Waals surface area (Å²) >= 11 is 11.4. The second-order valence-electron chi connectivity index (χ2n) is 3.65. The molecule has 0 aliphatic rings. The molecule has 3 nitrogen and oxygen atoms in total. The smallest absolute Gasteiger partial charge is 0.200 e. The van der Waals surface area contributed by atoms with Gasteiger partial charge in [-0.2, -0.15) is 0 Å². The maximum Gasteiger partial charge on any atom is 0.200 e. The lowest BCUT2D eigenvalue weighted by atomic mass is 10.0. The van der Waals surface area contributed by atoms with Gasteiger partial charge in [-0.25, -0.2) is 0 Å². The highest BCUT2D eigenvalue weighted by Crippen LogP contribution is 2.29. The molecule has 0 spiro atoms. The third-order valence-corrected chi connectivity index (χ3v) is 2.88. The molecule has 0 aromatic heterocycles. The van der Waals surface area contributed by atoms with E-state index in [1.165, 1.54) is 36.4 Å². The Morgan fingerprint density at radius 1 is 0.833 bits per heavy atom. The van der Waals surface area contributed by atoms with Gasteiger partial charge in [-0.1, -0.05) is 23.2 Å². The molecule has 92 valence electrons. The Bertz CT molecular complexity index is 570. The number of carbonyl (C=O) groups excluding carboxylic acids is 1. The normalized spacial score (nSPS) is 10.3. The SMILES string of the molecule is O=C(c1ccc(Cl)cc1O)c1ccc(Cl)cc1O. The Morgan fingerprint density at radius 2 is 1.22 bits per heavy atom. The number of hydrogen-bond donors (Lipinski definition) is 2. The second-order valence-corrected chi connectivity index (χ2v) is 4.52. The van der Waals surface area contributed by atoms with Gasteiger partial charge in [-0.15, -0.1) is 0 Å². The first-order valence-corrected chi connectivity index (χ1v) is 5.76. The molecule has 0 saturated carbocycles. The third-order valence-electron chi connectivity index (χ3n) is 2.41. The summed E-state index contributed by atoms with van der Waals surface area (Å²) in [5, 5.41) is 20.0. The van der Waals surface area contributed by atoms with Crippen molar-refractivity contribution in [1.82, 2.24) is 0 Å². The first-order valence-electron chi connectivity index (χ1n) is 5.01. The summed E-state index contributed by atoms with van der Waals surface area (Å²) in [4.78, 5) is 12.1. The summed E-state index contributed by atoms with van der Waals surface area (Å²) in [6, 6.07) is 8.30. The van der Waals surface area contributed by atoms with Gasteiger partial charge in [-0.3, -0.25) is 4.79 Å². The minimum atomic E-state index is -0.502. The highest BCUT2D eigenvalue weighted by atomic mass is 35.5. The number of halogens is 2. The molecule has 0 bridgehead atoms. The zero-order valence-corrected chi connectivity index (χ0v) is 10.5. The minimum Gasteiger partial charge on any atom is -0.507 e. The molecule has 2 aromatic rings. The largest absolute Gasteiger partial charge is 0.507 e. The summed E-state index contributed by atoms with van der Waals surface area (Å²) in [5.74, 6) is -0.970. The fraction of sp³-hybridized carbons (Fsp3) is 0. The van der Waals surface area contributed by atoms with Crippen LogP contribution in [0.1, 0.15) is 15.9 Å². The zero-order chi connectivity index (χ0) is 13.3. The van der Waals surface area contributed by atoms with Crippen molar-refractivity contribution in [3.8, 4) is 11.5 Å².